The van der Waals surface area contributed by atoms with Crippen molar-refractivity contribution in [2.45, 2.75) is 45.6 Å². The summed E-state index contributed by atoms with van der Waals surface area (Å²) in [6, 6.07) is 7.54. The van der Waals surface area contributed by atoms with Crippen molar-refractivity contribution in [2.75, 3.05) is 18.4 Å². The molecule has 2 N–H and O–H groups in total. The zero-order chi connectivity index (χ0) is 19.4. The van der Waals surface area contributed by atoms with Gasteiger partial charge in [-0.3, -0.25) is 9.59 Å². The molecule has 7 nitrogen and oxygen atoms in total. The van der Waals surface area contributed by atoms with Crippen molar-refractivity contribution in [3.8, 4) is 5.69 Å². The predicted molar refractivity (Wildman–Crippen MR) is 103 cm³/mol. The smallest absolute Gasteiger partial charge is 0.224 e. The van der Waals surface area contributed by atoms with E-state index in [0.717, 1.165) is 17.1 Å². The summed E-state index contributed by atoms with van der Waals surface area (Å²) >= 11 is 0. The van der Waals surface area contributed by atoms with Gasteiger partial charge in [-0.1, -0.05) is 0 Å². The standard InChI is InChI=1S/C20H26N4O3/c1-14-15(2)24(13-21-14)17-5-3-16(4-6-17)22-19(26)7-8-20(27)23-11-9-18(25)10-12-23/h3-6,13,18,25H,7-12H2,1-2H3,(H,22,26). The van der Waals surface area contributed by atoms with Crippen LogP contribution in [-0.2, 0) is 9.59 Å². The second kappa shape index (κ2) is 8.35. The first-order valence-corrected chi connectivity index (χ1v) is 9.30. The van der Waals surface area contributed by atoms with Gasteiger partial charge in [-0.15, -0.1) is 0 Å². The van der Waals surface area contributed by atoms with Gasteiger partial charge < -0.3 is 19.9 Å². The minimum atomic E-state index is -0.310. The number of aliphatic hydroxyl groups excluding tert-OH is 1. The van der Waals surface area contributed by atoms with Crippen molar-refractivity contribution in [3.05, 3.63) is 42.0 Å². The van der Waals surface area contributed by atoms with Gasteiger partial charge in [-0.2, -0.15) is 0 Å². The van der Waals surface area contributed by atoms with Gasteiger partial charge in [0.2, 0.25) is 11.8 Å². The van der Waals surface area contributed by atoms with Crippen LogP contribution in [0.1, 0.15) is 37.1 Å². The van der Waals surface area contributed by atoms with Gasteiger partial charge in [0.05, 0.1) is 18.1 Å². The maximum absolute atomic E-state index is 12.2. The Morgan fingerprint density at radius 3 is 2.41 bits per heavy atom. The molecule has 1 aliphatic heterocycles. The number of carbonyl (C=O) groups is 2. The molecule has 0 unspecified atom stereocenters. The molecule has 7 heteroatoms. The van der Waals surface area contributed by atoms with Gasteiger partial charge in [-0.25, -0.2) is 4.98 Å². The normalized spacial score (nSPS) is 15.0. The third-order valence-corrected chi connectivity index (χ3v) is 5.06. The van der Waals surface area contributed by atoms with Crippen molar-refractivity contribution in [1.29, 1.82) is 0 Å². The Kier molecular flexibility index (Phi) is 5.91. The second-order valence-electron chi connectivity index (χ2n) is 6.99. The molecule has 1 aromatic heterocycles. The Morgan fingerprint density at radius 1 is 1.15 bits per heavy atom. The number of amides is 2. The highest BCUT2D eigenvalue weighted by Gasteiger charge is 2.21. The number of benzene rings is 1. The monoisotopic (exact) mass is 370 g/mol. The largest absolute Gasteiger partial charge is 0.393 e. The Labute approximate surface area is 159 Å². The predicted octanol–water partition coefficient (Wildman–Crippen LogP) is 2.19. The first kappa shape index (κ1) is 19.1. The Morgan fingerprint density at radius 2 is 1.81 bits per heavy atom. The van der Waals surface area contributed by atoms with Crippen LogP contribution in [0.25, 0.3) is 5.69 Å². The molecule has 1 saturated heterocycles. The van der Waals surface area contributed by atoms with E-state index in [-0.39, 0.29) is 30.8 Å². The Bertz CT molecular complexity index is 805. The first-order valence-electron chi connectivity index (χ1n) is 9.30. The third-order valence-electron chi connectivity index (χ3n) is 5.06. The van der Waals surface area contributed by atoms with Gasteiger partial charge in [-0.05, 0) is 51.0 Å². The van der Waals surface area contributed by atoms with E-state index in [2.05, 4.69) is 10.3 Å². The maximum Gasteiger partial charge on any atom is 0.224 e. The van der Waals surface area contributed by atoms with Crippen LogP contribution < -0.4 is 5.32 Å². The number of nitrogens with zero attached hydrogens (tertiary/aromatic N) is 3. The number of piperidine rings is 1. The van der Waals surface area contributed by atoms with Crippen LogP contribution in [-0.4, -0.2) is 50.6 Å². The minimum Gasteiger partial charge on any atom is -0.393 e. The van der Waals surface area contributed by atoms with Crippen molar-refractivity contribution in [3.63, 3.8) is 0 Å². The van der Waals surface area contributed by atoms with Crippen LogP contribution >= 0.6 is 0 Å². The number of aromatic nitrogens is 2. The number of carbonyl (C=O) groups excluding carboxylic acids is 2. The molecule has 0 radical (unpaired) electrons. The molecule has 1 aromatic carbocycles. The number of anilines is 1. The fraction of sp³-hybridized carbons (Fsp3) is 0.450. The molecular weight excluding hydrogens is 344 g/mol. The summed E-state index contributed by atoms with van der Waals surface area (Å²) in [5.41, 5.74) is 3.75. The lowest BCUT2D eigenvalue weighted by molar-refractivity contribution is -0.134. The van der Waals surface area contributed by atoms with Gasteiger partial charge in [0.1, 0.15) is 0 Å². The summed E-state index contributed by atoms with van der Waals surface area (Å²) in [6.07, 6.45) is 3.03. The highest BCUT2D eigenvalue weighted by atomic mass is 16.3. The summed E-state index contributed by atoms with van der Waals surface area (Å²) in [5, 5.41) is 12.3. The van der Waals surface area contributed by atoms with Crippen molar-refractivity contribution in [2.24, 2.45) is 0 Å². The van der Waals surface area contributed by atoms with Gasteiger partial charge in [0.15, 0.2) is 0 Å². The minimum absolute atomic E-state index is 0.0293. The number of rotatable bonds is 5. The van der Waals surface area contributed by atoms with Crippen LogP contribution in [0.4, 0.5) is 5.69 Å². The van der Waals surface area contributed by atoms with Crippen molar-refractivity contribution >= 4 is 17.5 Å². The van der Waals surface area contributed by atoms with Gasteiger partial charge in [0, 0.05) is 43.0 Å². The molecule has 2 heterocycles. The summed E-state index contributed by atoms with van der Waals surface area (Å²) in [4.78, 5) is 30.3. The zero-order valence-electron chi connectivity index (χ0n) is 15.8. The average molecular weight is 370 g/mol. The molecule has 3 rings (SSSR count). The molecule has 2 aromatic rings. The number of aliphatic hydroxyl groups is 1. The summed E-state index contributed by atoms with van der Waals surface area (Å²) in [6.45, 7) is 5.11. The molecule has 27 heavy (non-hydrogen) atoms. The van der Waals surface area contributed by atoms with Gasteiger partial charge >= 0.3 is 0 Å². The van der Waals surface area contributed by atoms with Crippen molar-refractivity contribution in [1.82, 2.24) is 14.5 Å². The molecule has 0 atom stereocenters. The molecule has 0 spiro atoms. The SMILES string of the molecule is Cc1ncn(-c2ccc(NC(=O)CCC(=O)N3CCC(O)CC3)cc2)c1C. The number of imidazole rings is 1. The van der Waals surface area contributed by atoms with E-state index in [4.69, 9.17) is 0 Å². The topological polar surface area (TPSA) is 87.5 Å². The molecular formula is C20H26N4O3. The van der Waals surface area contributed by atoms with E-state index in [1.165, 1.54) is 0 Å². The second-order valence-corrected chi connectivity index (χ2v) is 6.99. The van der Waals surface area contributed by atoms with E-state index < -0.39 is 0 Å². The van der Waals surface area contributed by atoms with Crippen LogP contribution in [0.15, 0.2) is 30.6 Å². The quantitative estimate of drug-likeness (QED) is 0.845. The van der Waals surface area contributed by atoms with Crippen LogP contribution in [0.5, 0.6) is 0 Å². The van der Waals surface area contributed by atoms with E-state index in [1.54, 1.807) is 11.2 Å². The number of hydrogen-bond acceptors (Lipinski definition) is 4. The number of aryl methyl sites for hydroxylation is 1. The third kappa shape index (κ3) is 4.74. The Balaban J connectivity index is 1.49. The van der Waals surface area contributed by atoms with Crippen LogP contribution in [0.3, 0.4) is 0 Å². The highest BCUT2D eigenvalue weighted by Crippen LogP contribution is 2.17. The van der Waals surface area contributed by atoms with E-state index in [1.807, 2.05) is 42.7 Å². The van der Waals surface area contributed by atoms with Crippen molar-refractivity contribution < 1.29 is 14.7 Å². The molecule has 1 aliphatic rings. The molecule has 144 valence electrons. The van der Waals surface area contributed by atoms with Crippen LogP contribution in [0.2, 0.25) is 0 Å². The zero-order valence-corrected chi connectivity index (χ0v) is 15.8. The van der Waals surface area contributed by atoms with Gasteiger partial charge in [0.25, 0.3) is 0 Å². The molecule has 0 saturated carbocycles. The Hall–Kier alpha value is -2.67. The number of hydrogen-bond donors (Lipinski definition) is 2. The number of likely N-dealkylation sites (tertiary alicyclic amines) is 1. The van der Waals surface area contributed by atoms with E-state index in [0.29, 0.717) is 31.6 Å². The summed E-state index contributed by atoms with van der Waals surface area (Å²) < 4.78 is 2.00. The molecule has 1 fully saturated rings. The first-order chi connectivity index (χ1) is 12.9. The molecule has 0 bridgehead atoms. The maximum atomic E-state index is 12.2. The number of nitrogens with one attached hydrogen (secondary N) is 1. The summed E-state index contributed by atoms with van der Waals surface area (Å²) in [5.74, 6) is -0.207. The molecule has 0 aliphatic carbocycles. The van der Waals surface area contributed by atoms with E-state index >= 15 is 0 Å². The fourth-order valence-electron chi connectivity index (χ4n) is 3.18. The lowest BCUT2D eigenvalue weighted by atomic mass is 10.1. The summed E-state index contributed by atoms with van der Waals surface area (Å²) in [7, 11) is 0. The van der Waals surface area contributed by atoms with Crippen LogP contribution in [0, 0.1) is 13.8 Å². The lowest BCUT2D eigenvalue weighted by Gasteiger charge is -2.29. The average Bonchev–Trinajstić information content (AvgIpc) is 3.00. The highest BCUT2D eigenvalue weighted by molar-refractivity contribution is 5.93. The fourth-order valence-corrected chi connectivity index (χ4v) is 3.18. The molecule has 2 amide bonds. The lowest BCUT2D eigenvalue weighted by Crippen LogP contribution is -2.40. The van der Waals surface area contributed by atoms with E-state index in [9.17, 15) is 14.7 Å².